The molecular formula is C57H68Cl2Zr-2. The molecule has 60 heavy (non-hydrogen) atoms. The van der Waals surface area contributed by atoms with Gasteiger partial charge in [0.2, 0.25) is 0 Å². The number of hydrogen-bond donors (Lipinski definition) is 0. The third-order valence-corrected chi connectivity index (χ3v) is 13.6. The molecule has 8 rings (SSSR count). The van der Waals surface area contributed by atoms with Crippen LogP contribution in [-0.4, -0.2) is 3.21 Å². The van der Waals surface area contributed by atoms with E-state index >= 15 is 0 Å². The van der Waals surface area contributed by atoms with Crippen LogP contribution >= 0.6 is 0 Å². The molecule has 3 heteroatoms. The van der Waals surface area contributed by atoms with Crippen LogP contribution in [0.2, 0.25) is 0 Å². The van der Waals surface area contributed by atoms with Crippen LogP contribution in [0, 0.1) is 16.9 Å². The van der Waals surface area contributed by atoms with Crippen molar-refractivity contribution in [3.05, 3.63) is 171 Å². The van der Waals surface area contributed by atoms with Crippen molar-refractivity contribution in [3.8, 4) is 11.1 Å². The normalized spacial score (nSPS) is 15.6. The summed E-state index contributed by atoms with van der Waals surface area (Å²) in [6, 6.07) is 38.1. The SMILES string of the molecule is CC(C)(C)C1=[C-]C(C)(C)c2cc3c(cc21)-c1cc2c(cc1C3)C(C)(C)C=C2C(C)(C)C.CC(C)(C)c1ccc([C](=[Zr+2])c2ccc(C(C)(C)C)cc2)cc1.[Cl-].[Cl-].c1cc[cH-]c1. The molecule has 0 nitrogen and oxygen atoms in total. The van der Waals surface area contributed by atoms with Crippen molar-refractivity contribution in [3.63, 3.8) is 0 Å². The van der Waals surface area contributed by atoms with E-state index in [0.29, 0.717) is 0 Å². The molecule has 0 aromatic heterocycles. The Balaban J connectivity index is 0.000000240. The van der Waals surface area contributed by atoms with Gasteiger partial charge in [-0.05, 0) is 62.3 Å². The molecule has 3 aliphatic carbocycles. The molecule has 0 amide bonds. The van der Waals surface area contributed by atoms with Gasteiger partial charge in [-0.2, -0.15) is 23.8 Å². The average Bonchev–Trinajstić information content (AvgIpc) is 3.91. The minimum absolute atomic E-state index is 0. The molecule has 0 spiro atoms. The molecule has 0 heterocycles. The van der Waals surface area contributed by atoms with E-state index in [1.165, 1.54) is 105 Å². The van der Waals surface area contributed by atoms with Gasteiger partial charge in [0.15, 0.2) is 0 Å². The van der Waals surface area contributed by atoms with Crippen molar-refractivity contribution >= 4 is 14.4 Å². The van der Waals surface area contributed by atoms with Crippen LogP contribution in [0.15, 0.2) is 109 Å². The quantitative estimate of drug-likeness (QED) is 0.152. The Kier molecular flexibility index (Phi) is 14.6. The van der Waals surface area contributed by atoms with Crippen molar-refractivity contribution in [2.75, 3.05) is 0 Å². The van der Waals surface area contributed by atoms with Gasteiger partial charge in [0.25, 0.3) is 0 Å². The Labute approximate surface area is 392 Å². The second-order valence-corrected chi connectivity index (χ2v) is 23.4. The number of rotatable bonds is 2. The first-order valence-electron chi connectivity index (χ1n) is 21.4. The second kappa shape index (κ2) is 17.7. The van der Waals surface area contributed by atoms with E-state index in [9.17, 15) is 0 Å². The van der Waals surface area contributed by atoms with E-state index in [-0.39, 0.29) is 57.3 Å². The fraction of sp³-hybridized carbons (Fsp3) is 0.404. The molecule has 316 valence electrons. The smallest absolute Gasteiger partial charge is 0.172 e. The Hall–Kier alpha value is -2.96. The van der Waals surface area contributed by atoms with E-state index in [4.69, 9.17) is 0 Å². The van der Waals surface area contributed by atoms with Crippen LogP contribution in [0.3, 0.4) is 0 Å². The zero-order valence-corrected chi connectivity index (χ0v) is 43.3. The standard InChI is InChI=1S/C31H37.C21H26.C5H5.2ClH.Zr/c1-28(2,3)26-16-30(7,8)24-12-18-11-19-13-25-23(15-21(19)20(18)14-22(24)26)27(29(4,5)6)17-31(25,9)10;1-20(2,3)18-11-7-16(8-12-18)15-17-9-13-19(14-10-17)21(4,5)6;1-2-4-5-3-1;;;/h12-16H,11H2,1-10H3;7-14H,1-6H3;1-5H;2*1H;/q-1;;-1;;;+2/p-2. The number of hydrogen-bond acceptors (Lipinski definition) is 0. The van der Waals surface area contributed by atoms with Crippen molar-refractivity contribution in [2.24, 2.45) is 10.8 Å². The Morgan fingerprint density at radius 3 is 1.37 bits per heavy atom. The minimum atomic E-state index is -0.0202. The molecule has 0 saturated heterocycles. The van der Waals surface area contributed by atoms with Gasteiger partial charge in [-0.25, -0.2) is 17.7 Å². The summed E-state index contributed by atoms with van der Waals surface area (Å²) in [7, 11) is 0. The van der Waals surface area contributed by atoms with Crippen molar-refractivity contribution < 1.29 is 49.0 Å². The Morgan fingerprint density at radius 2 is 0.983 bits per heavy atom. The summed E-state index contributed by atoms with van der Waals surface area (Å²) >= 11 is 1.46. The molecule has 3 aliphatic rings. The summed E-state index contributed by atoms with van der Waals surface area (Å²) < 4.78 is 1.42. The molecule has 0 bridgehead atoms. The largest absolute Gasteiger partial charge is 1.00 e. The first kappa shape index (κ1) is 49.7. The van der Waals surface area contributed by atoms with Gasteiger partial charge in [-0.15, -0.1) is 11.6 Å². The summed E-state index contributed by atoms with van der Waals surface area (Å²) in [4.78, 5) is 0. The average molecular weight is 915 g/mol. The number of allylic oxidation sites excluding steroid dienone is 4. The van der Waals surface area contributed by atoms with Crippen LogP contribution in [0.5, 0.6) is 0 Å². The molecule has 0 saturated carbocycles. The summed E-state index contributed by atoms with van der Waals surface area (Å²) in [5.41, 5.74) is 20.8. The van der Waals surface area contributed by atoms with E-state index in [0.717, 1.165) is 6.42 Å². The molecule has 0 unspecified atom stereocenters. The monoisotopic (exact) mass is 912 g/mol. The molecule has 0 fully saturated rings. The first-order valence-corrected chi connectivity index (χ1v) is 22.6. The fourth-order valence-electron chi connectivity index (χ4n) is 8.70. The zero-order chi connectivity index (χ0) is 42.8. The maximum Gasteiger partial charge on any atom is -0.172 e. The maximum absolute atomic E-state index is 3.85. The molecule has 0 atom stereocenters. The van der Waals surface area contributed by atoms with Crippen molar-refractivity contribution in [1.29, 1.82) is 0 Å². The second-order valence-electron chi connectivity index (χ2n) is 22.2. The van der Waals surface area contributed by atoms with E-state index in [1.807, 2.05) is 30.3 Å². The third-order valence-electron chi connectivity index (χ3n) is 12.2. The molecule has 0 radical (unpaired) electrons. The first-order chi connectivity index (χ1) is 26.7. The van der Waals surface area contributed by atoms with E-state index in [1.54, 1.807) is 0 Å². The van der Waals surface area contributed by atoms with Crippen molar-refractivity contribution in [2.45, 2.75) is 139 Å². The topological polar surface area (TPSA) is 0 Å². The van der Waals surface area contributed by atoms with Gasteiger partial charge in [-0.3, -0.25) is 6.08 Å². The number of benzene rings is 4. The minimum Gasteiger partial charge on any atom is -1.00 e. The Morgan fingerprint density at radius 1 is 0.550 bits per heavy atom. The van der Waals surface area contributed by atoms with Crippen LogP contribution in [0.25, 0.3) is 22.3 Å². The van der Waals surface area contributed by atoms with Gasteiger partial charge in [0.1, 0.15) is 0 Å². The molecule has 0 N–H and O–H groups in total. The summed E-state index contributed by atoms with van der Waals surface area (Å²) in [6.07, 6.45) is 7.41. The van der Waals surface area contributed by atoms with Gasteiger partial charge in [0, 0.05) is 5.41 Å². The molecule has 5 aromatic carbocycles. The maximum atomic E-state index is 3.85. The predicted octanol–water partition coefficient (Wildman–Crippen LogP) is 9.31. The molecule has 0 aliphatic heterocycles. The van der Waals surface area contributed by atoms with Gasteiger partial charge >= 0.3 is 151 Å². The molecule has 5 aromatic rings. The number of halogens is 2. The van der Waals surface area contributed by atoms with Gasteiger partial charge in [0.05, 0.1) is 0 Å². The Bertz CT molecular complexity index is 2200. The van der Waals surface area contributed by atoms with Gasteiger partial charge in [-0.1, -0.05) is 92.9 Å². The summed E-state index contributed by atoms with van der Waals surface area (Å²) in [6.45, 7) is 36.9. The van der Waals surface area contributed by atoms with E-state index in [2.05, 4.69) is 196 Å². The summed E-state index contributed by atoms with van der Waals surface area (Å²) in [5, 5.41) is 0. The predicted molar refractivity (Wildman–Crippen MR) is 250 cm³/mol. The van der Waals surface area contributed by atoms with Crippen LogP contribution in [0.4, 0.5) is 0 Å². The van der Waals surface area contributed by atoms with Crippen LogP contribution < -0.4 is 24.8 Å². The van der Waals surface area contributed by atoms with E-state index < -0.39 is 0 Å². The van der Waals surface area contributed by atoms with Gasteiger partial charge < -0.3 is 24.8 Å². The van der Waals surface area contributed by atoms with Crippen LogP contribution in [0.1, 0.15) is 166 Å². The summed E-state index contributed by atoms with van der Waals surface area (Å²) in [5.74, 6) is 0. The fourth-order valence-corrected chi connectivity index (χ4v) is 9.52. The van der Waals surface area contributed by atoms with Crippen molar-refractivity contribution in [1.82, 2.24) is 0 Å². The third kappa shape index (κ3) is 10.4. The number of fused-ring (bicyclic) bond motifs is 5. The zero-order valence-electron chi connectivity index (χ0n) is 39.4. The molecular weight excluding hydrogens is 847 g/mol. The van der Waals surface area contributed by atoms with Crippen LogP contribution in [-0.2, 0) is 52.3 Å².